The van der Waals surface area contributed by atoms with Gasteiger partial charge in [-0.25, -0.2) is 9.97 Å². The van der Waals surface area contributed by atoms with Crippen molar-refractivity contribution in [2.75, 3.05) is 61.1 Å². The molecule has 1 aromatic heterocycles. The van der Waals surface area contributed by atoms with Crippen LogP contribution in [0.25, 0.3) is 0 Å². The molecular weight excluding hydrogens is 725 g/mol. The number of carbonyl (C=O) groups excluding carboxylic acids is 5. The molecule has 0 radical (unpaired) electrons. The van der Waals surface area contributed by atoms with Crippen LogP contribution in [0.5, 0.6) is 0 Å². The van der Waals surface area contributed by atoms with Gasteiger partial charge in [-0.05, 0) is 95.2 Å². The van der Waals surface area contributed by atoms with E-state index in [4.69, 9.17) is 9.72 Å². The van der Waals surface area contributed by atoms with Crippen molar-refractivity contribution in [2.45, 2.75) is 96.7 Å². The lowest BCUT2D eigenvalue weighted by Crippen LogP contribution is -2.54. The number of aromatic nitrogens is 2. The second-order valence-corrected chi connectivity index (χ2v) is 15.7. The average Bonchev–Trinajstić information content (AvgIpc) is 3.82. The average molecular weight is 779 g/mol. The first-order valence-corrected chi connectivity index (χ1v) is 20.5. The summed E-state index contributed by atoms with van der Waals surface area (Å²) < 4.78 is 5.70. The maximum Gasteiger partial charge on any atom is 0.264 e. The van der Waals surface area contributed by atoms with E-state index in [1.54, 1.807) is 12.1 Å². The fourth-order valence-corrected chi connectivity index (χ4v) is 8.61. The Bertz CT molecular complexity index is 1950. The van der Waals surface area contributed by atoms with Gasteiger partial charge in [0.2, 0.25) is 17.7 Å². The lowest BCUT2D eigenvalue weighted by atomic mass is 10.0. The van der Waals surface area contributed by atoms with Crippen LogP contribution < -0.4 is 20.4 Å². The van der Waals surface area contributed by atoms with Gasteiger partial charge < -0.3 is 19.9 Å². The lowest BCUT2D eigenvalue weighted by Gasteiger charge is -2.39. The molecule has 4 aliphatic heterocycles. The molecule has 0 spiro atoms. The van der Waals surface area contributed by atoms with Gasteiger partial charge in [0.15, 0.2) is 0 Å². The zero-order valence-electron chi connectivity index (χ0n) is 33.1. The molecule has 5 heterocycles. The van der Waals surface area contributed by atoms with Crippen molar-refractivity contribution in [3.63, 3.8) is 0 Å². The topological polar surface area (TPSA) is 157 Å². The van der Waals surface area contributed by atoms with Crippen molar-refractivity contribution in [3.8, 4) is 0 Å². The molecule has 57 heavy (non-hydrogen) atoms. The van der Waals surface area contributed by atoms with Gasteiger partial charge in [0.25, 0.3) is 11.8 Å². The number of aryl methyl sites for hydroxylation is 2. The Morgan fingerprint density at radius 1 is 0.877 bits per heavy atom. The Kier molecular flexibility index (Phi) is 12.9. The van der Waals surface area contributed by atoms with Crippen LogP contribution in [0.3, 0.4) is 0 Å². The monoisotopic (exact) mass is 778 g/mol. The van der Waals surface area contributed by atoms with E-state index in [2.05, 4.69) is 60.6 Å². The third kappa shape index (κ3) is 9.67. The summed E-state index contributed by atoms with van der Waals surface area (Å²) in [6.45, 7) is 10.4. The molecular formula is C43H54N8O6. The molecule has 0 bridgehead atoms. The van der Waals surface area contributed by atoms with Crippen LogP contribution >= 0.6 is 0 Å². The minimum atomic E-state index is -1.08. The smallest absolute Gasteiger partial charge is 0.264 e. The molecule has 14 heteroatoms. The van der Waals surface area contributed by atoms with E-state index in [1.165, 1.54) is 30.2 Å². The van der Waals surface area contributed by atoms with E-state index in [1.807, 2.05) is 13.8 Å². The maximum absolute atomic E-state index is 13.3. The van der Waals surface area contributed by atoms with Crippen molar-refractivity contribution in [2.24, 2.45) is 0 Å². The van der Waals surface area contributed by atoms with E-state index in [0.717, 1.165) is 100 Å². The Morgan fingerprint density at radius 3 is 2.42 bits per heavy atom. The number of amides is 5. The quantitative estimate of drug-likeness (QED) is 0.152. The molecule has 1 unspecified atom stereocenters. The lowest BCUT2D eigenvalue weighted by molar-refractivity contribution is -0.136. The number of nitrogens with zero attached hydrogens (tertiary/aromatic N) is 6. The summed E-state index contributed by atoms with van der Waals surface area (Å²) in [6, 6.07) is 15.2. The van der Waals surface area contributed by atoms with Crippen molar-refractivity contribution in [3.05, 3.63) is 76.7 Å². The van der Waals surface area contributed by atoms with Crippen LogP contribution in [0.4, 0.5) is 17.2 Å². The van der Waals surface area contributed by atoms with Crippen molar-refractivity contribution >= 4 is 46.7 Å². The molecule has 2 aromatic carbocycles. The largest absolute Gasteiger partial charge is 0.372 e. The number of imide groups is 2. The maximum atomic E-state index is 13.3. The third-order valence-corrected chi connectivity index (χ3v) is 11.5. The molecule has 0 aliphatic carbocycles. The first-order valence-electron chi connectivity index (χ1n) is 20.5. The number of piperidine rings is 2. The summed E-state index contributed by atoms with van der Waals surface area (Å²) in [5.74, 6) is -1.02. The SMILES string of the molecule is Cc1cc(N2CCC(N(CCCCCCOCC(=O)Nc3cccc4c3C(=O)N(C3CCC(=O)NC3=O)C4=O)Cc3cccc(N4CCCC4)c3)CC2)nc(C)n1. The van der Waals surface area contributed by atoms with Gasteiger partial charge >= 0.3 is 0 Å². The number of carbonyl (C=O) groups is 5. The number of anilines is 3. The van der Waals surface area contributed by atoms with E-state index in [9.17, 15) is 24.0 Å². The number of unbranched alkanes of at least 4 members (excludes halogenated alkanes) is 3. The van der Waals surface area contributed by atoms with Crippen LogP contribution in [-0.4, -0.2) is 107 Å². The summed E-state index contributed by atoms with van der Waals surface area (Å²) >= 11 is 0. The molecule has 3 aromatic rings. The van der Waals surface area contributed by atoms with Crippen molar-refractivity contribution in [1.82, 2.24) is 25.1 Å². The predicted molar refractivity (Wildman–Crippen MR) is 216 cm³/mol. The van der Waals surface area contributed by atoms with Crippen LogP contribution in [0.15, 0.2) is 48.5 Å². The third-order valence-electron chi connectivity index (χ3n) is 11.5. The molecule has 302 valence electrons. The Morgan fingerprint density at radius 2 is 1.65 bits per heavy atom. The number of hydrogen-bond acceptors (Lipinski definition) is 11. The highest BCUT2D eigenvalue weighted by atomic mass is 16.5. The zero-order chi connectivity index (χ0) is 39.9. The normalized spacial score (nSPS) is 18.8. The molecule has 3 fully saturated rings. The van der Waals surface area contributed by atoms with Gasteiger partial charge in [-0.1, -0.05) is 31.0 Å². The minimum Gasteiger partial charge on any atom is -0.372 e. The summed E-state index contributed by atoms with van der Waals surface area (Å²) in [6.07, 6.45) is 8.68. The van der Waals surface area contributed by atoms with Gasteiger partial charge in [0, 0.05) is 69.2 Å². The zero-order valence-corrected chi connectivity index (χ0v) is 33.1. The number of nitrogens with one attached hydrogen (secondary N) is 2. The molecule has 7 rings (SSSR count). The van der Waals surface area contributed by atoms with Gasteiger partial charge in [-0.2, -0.15) is 0 Å². The van der Waals surface area contributed by atoms with Gasteiger partial charge in [-0.3, -0.25) is 39.1 Å². The fraction of sp³-hybridized carbons (Fsp3) is 0.512. The second-order valence-electron chi connectivity index (χ2n) is 15.7. The molecule has 1 atom stereocenters. The van der Waals surface area contributed by atoms with Gasteiger partial charge in [0.1, 0.15) is 24.3 Å². The summed E-state index contributed by atoms with van der Waals surface area (Å²) in [7, 11) is 0. The molecule has 0 saturated carbocycles. The van der Waals surface area contributed by atoms with Crippen LogP contribution in [0.1, 0.15) is 102 Å². The Hall–Kier alpha value is -5.21. The standard InChI is InChI=1S/C43H54N8O6/c1-29-25-37(45-30(2)44-29)49-22-17-32(18-23-49)50(27-31-11-9-12-33(26-31)48-19-6-7-20-48)21-5-3-4-8-24-57-28-39(53)46-35-14-10-13-34-40(35)43(56)51(42(34)55)36-15-16-38(52)47-41(36)54/h9-14,25-26,32,36H,3-8,15-24,27-28H2,1-2H3,(H,46,53)(H,47,52,54). The summed E-state index contributed by atoms with van der Waals surface area (Å²) in [5, 5.41) is 4.90. The Balaban J connectivity index is 0.866. The molecule has 5 amide bonds. The molecule has 2 N–H and O–H groups in total. The predicted octanol–water partition coefficient (Wildman–Crippen LogP) is 4.78. The summed E-state index contributed by atoms with van der Waals surface area (Å²) in [4.78, 5) is 81.0. The number of benzene rings is 2. The molecule has 14 nitrogen and oxygen atoms in total. The first-order chi connectivity index (χ1) is 27.6. The van der Waals surface area contributed by atoms with E-state index in [-0.39, 0.29) is 36.3 Å². The highest BCUT2D eigenvalue weighted by molar-refractivity contribution is 6.26. The number of fused-ring (bicyclic) bond motifs is 1. The molecule has 3 saturated heterocycles. The van der Waals surface area contributed by atoms with Crippen molar-refractivity contribution in [1.29, 1.82) is 0 Å². The fourth-order valence-electron chi connectivity index (χ4n) is 8.61. The highest BCUT2D eigenvalue weighted by Crippen LogP contribution is 2.33. The molecule has 4 aliphatic rings. The van der Waals surface area contributed by atoms with Crippen LogP contribution in [-0.2, 0) is 25.7 Å². The van der Waals surface area contributed by atoms with Gasteiger partial charge in [0.05, 0.1) is 16.8 Å². The highest BCUT2D eigenvalue weighted by Gasteiger charge is 2.45. The van der Waals surface area contributed by atoms with E-state index < -0.39 is 35.6 Å². The van der Waals surface area contributed by atoms with Gasteiger partial charge in [-0.15, -0.1) is 0 Å². The number of ether oxygens (including phenoxy) is 1. The van der Waals surface area contributed by atoms with Crippen molar-refractivity contribution < 1.29 is 28.7 Å². The van der Waals surface area contributed by atoms with E-state index >= 15 is 0 Å². The summed E-state index contributed by atoms with van der Waals surface area (Å²) in [5.41, 5.74) is 4.02. The van der Waals surface area contributed by atoms with Crippen LogP contribution in [0, 0.1) is 13.8 Å². The number of rotatable bonds is 16. The minimum absolute atomic E-state index is 0.0303. The second kappa shape index (κ2) is 18.4. The Labute approximate surface area is 334 Å². The van der Waals surface area contributed by atoms with E-state index in [0.29, 0.717) is 12.6 Å². The number of hydrogen-bond donors (Lipinski definition) is 2. The first kappa shape index (κ1) is 40.0. The van der Waals surface area contributed by atoms with Crippen LogP contribution in [0.2, 0.25) is 0 Å².